The molecule has 0 saturated carbocycles. The van der Waals surface area contributed by atoms with Crippen molar-refractivity contribution in [1.29, 1.82) is 0 Å². The van der Waals surface area contributed by atoms with Crippen molar-refractivity contribution in [1.82, 2.24) is 0 Å². The van der Waals surface area contributed by atoms with Gasteiger partial charge in [0.15, 0.2) is 11.6 Å². The fraction of sp³-hybridized carbons (Fsp3) is 0.417. The van der Waals surface area contributed by atoms with Gasteiger partial charge in [-0.15, -0.1) is 0 Å². The third kappa shape index (κ3) is 3.63. The highest BCUT2D eigenvalue weighted by atomic mass is 32.2. The molecule has 1 aromatic carbocycles. The van der Waals surface area contributed by atoms with E-state index in [2.05, 4.69) is 4.40 Å². The lowest BCUT2D eigenvalue weighted by molar-refractivity contribution is 0.386. The number of benzene rings is 1. The number of para-hydroxylation sites is 1. The summed E-state index contributed by atoms with van der Waals surface area (Å²) >= 11 is 0. The molecule has 0 amide bonds. The minimum atomic E-state index is -1.36. The smallest absolute Gasteiger partial charge is 0.165 e. The molecule has 1 aromatic rings. The number of halogens is 1. The summed E-state index contributed by atoms with van der Waals surface area (Å²) in [5, 5.41) is 0. The summed E-state index contributed by atoms with van der Waals surface area (Å²) in [6.45, 7) is 5.47. The molecule has 0 spiro atoms. The lowest BCUT2D eigenvalue weighted by Gasteiger charge is -2.13. The van der Waals surface area contributed by atoms with E-state index in [-0.39, 0.29) is 5.75 Å². The predicted molar refractivity (Wildman–Crippen MR) is 68.4 cm³/mol. The number of hydrogen-bond donors (Lipinski definition) is 0. The molecule has 0 aliphatic carbocycles. The van der Waals surface area contributed by atoms with Gasteiger partial charge in [0.25, 0.3) is 0 Å². The van der Waals surface area contributed by atoms with E-state index in [0.29, 0.717) is 5.56 Å². The van der Waals surface area contributed by atoms with E-state index in [1.807, 2.05) is 20.8 Å². The Kier molecular flexibility index (Phi) is 4.40. The molecule has 0 saturated heterocycles. The van der Waals surface area contributed by atoms with Crippen LogP contribution in [0, 0.1) is 5.82 Å². The number of nitrogens with zero attached hydrogens (tertiary/aromatic N) is 1. The zero-order valence-corrected chi connectivity index (χ0v) is 11.2. The summed E-state index contributed by atoms with van der Waals surface area (Å²) in [7, 11) is 0.0221. The van der Waals surface area contributed by atoms with Gasteiger partial charge in [-0.2, -0.15) is 4.40 Å². The highest BCUT2D eigenvalue weighted by Gasteiger charge is 2.18. The SMILES string of the molecule is COc1c(F)cccc1/C=N/[S@](=O)C(C)(C)C. The Morgan fingerprint density at radius 3 is 2.59 bits per heavy atom. The third-order valence-corrected chi connectivity index (χ3v) is 3.36. The van der Waals surface area contributed by atoms with E-state index in [1.165, 1.54) is 19.4 Å². The Bertz CT molecular complexity index is 452. The monoisotopic (exact) mass is 257 g/mol. The Labute approximate surface area is 103 Å². The maximum absolute atomic E-state index is 13.3. The second-order valence-electron chi connectivity index (χ2n) is 4.46. The van der Waals surface area contributed by atoms with Crippen molar-refractivity contribution in [2.75, 3.05) is 7.11 Å². The molecule has 0 bridgehead atoms. The summed E-state index contributed by atoms with van der Waals surface area (Å²) in [6.07, 6.45) is 1.38. The quantitative estimate of drug-likeness (QED) is 0.781. The van der Waals surface area contributed by atoms with Gasteiger partial charge in [0, 0.05) is 11.8 Å². The summed E-state index contributed by atoms with van der Waals surface area (Å²) < 4.78 is 33.5. The molecule has 0 unspecified atom stereocenters. The first-order valence-electron chi connectivity index (χ1n) is 5.15. The average molecular weight is 257 g/mol. The van der Waals surface area contributed by atoms with Crippen molar-refractivity contribution in [3.05, 3.63) is 29.6 Å². The van der Waals surface area contributed by atoms with Crippen LogP contribution in [-0.2, 0) is 11.0 Å². The Morgan fingerprint density at radius 2 is 2.06 bits per heavy atom. The summed E-state index contributed by atoms with van der Waals surface area (Å²) in [5.41, 5.74) is 0.477. The molecule has 0 N–H and O–H groups in total. The molecule has 5 heteroatoms. The van der Waals surface area contributed by atoms with Gasteiger partial charge in [-0.05, 0) is 32.9 Å². The Hall–Kier alpha value is -1.23. The van der Waals surface area contributed by atoms with Crippen LogP contribution in [-0.4, -0.2) is 22.3 Å². The van der Waals surface area contributed by atoms with Crippen molar-refractivity contribution < 1.29 is 13.3 Å². The molecule has 0 aliphatic heterocycles. The molecular formula is C12H16FNO2S. The highest BCUT2D eigenvalue weighted by molar-refractivity contribution is 7.85. The first-order valence-corrected chi connectivity index (χ1v) is 6.25. The first-order chi connectivity index (χ1) is 7.86. The maximum Gasteiger partial charge on any atom is 0.165 e. The fourth-order valence-electron chi connectivity index (χ4n) is 1.11. The number of ether oxygens (including phenoxy) is 1. The molecule has 0 heterocycles. The van der Waals surface area contributed by atoms with Gasteiger partial charge in [0.2, 0.25) is 0 Å². The molecule has 0 aromatic heterocycles. The molecule has 1 rings (SSSR count). The zero-order chi connectivity index (χ0) is 13.1. The van der Waals surface area contributed by atoms with E-state index in [0.717, 1.165) is 0 Å². The van der Waals surface area contributed by atoms with Crippen LogP contribution in [0.2, 0.25) is 0 Å². The van der Waals surface area contributed by atoms with E-state index in [9.17, 15) is 8.60 Å². The lowest BCUT2D eigenvalue weighted by Crippen LogP contribution is -2.19. The number of methoxy groups -OCH3 is 1. The van der Waals surface area contributed by atoms with E-state index >= 15 is 0 Å². The highest BCUT2D eigenvalue weighted by Crippen LogP contribution is 2.21. The summed E-state index contributed by atoms with van der Waals surface area (Å²) in [4.78, 5) is 0. The minimum absolute atomic E-state index is 0.113. The normalized spacial score (nSPS) is 13.9. The van der Waals surface area contributed by atoms with Crippen LogP contribution in [0.5, 0.6) is 5.75 Å². The van der Waals surface area contributed by atoms with Gasteiger partial charge in [-0.25, -0.2) is 8.60 Å². The van der Waals surface area contributed by atoms with Crippen LogP contribution in [0.1, 0.15) is 26.3 Å². The fourth-order valence-corrected chi connectivity index (χ4v) is 1.63. The van der Waals surface area contributed by atoms with Gasteiger partial charge < -0.3 is 4.74 Å². The second-order valence-corrected chi connectivity index (χ2v) is 6.39. The van der Waals surface area contributed by atoms with Crippen LogP contribution in [0.3, 0.4) is 0 Å². The van der Waals surface area contributed by atoms with Crippen LogP contribution >= 0.6 is 0 Å². The van der Waals surface area contributed by atoms with E-state index < -0.39 is 21.5 Å². The summed E-state index contributed by atoms with van der Waals surface area (Å²) in [6, 6.07) is 4.52. The molecule has 0 radical (unpaired) electrons. The molecule has 0 fully saturated rings. The van der Waals surface area contributed by atoms with Crippen molar-refractivity contribution in [2.45, 2.75) is 25.5 Å². The molecular weight excluding hydrogens is 241 g/mol. The topological polar surface area (TPSA) is 38.7 Å². The molecule has 3 nitrogen and oxygen atoms in total. The van der Waals surface area contributed by atoms with E-state index in [1.54, 1.807) is 12.1 Å². The Balaban J connectivity index is 3.00. The first kappa shape index (κ1) is 13.8. The summed E-state index contributed by atoms with van der Waals surface area (Å²) in [5.74, 6) is -0.347. The van der Waals surface area contributed by atoms with Crippen molar-refractivity contribution in [3.63, 3.8) is 0 Å². The minimum Gasteiger partial charge on any atom is -0.493 e. The molecule has 0 aliphatic rings. The van der Waals surface area contributed by atoms with Crippen molar-refractivity contribution in [3.8, 4) is 5.75 Å². The van der Waals surface area contributed by atoms with Crippen LogP contribution in [0.4, 0.5) is 4.39 Å². The van der Waals surface area contributed by atoms with Gasteiger partial charge >= 0.3 is 0 Å². The third-order valence-electron chi connectivity index (χ3n) is 2.01. The van der Waals surface area contributed by atoms with Crippen LogP contribution in [0.15, 0.2) is 22.6 Å². The largest absolute Gasteiger partial charge is 0.493 e. The van der Waals surface area contributed by atoms with Crippen LogP contribution < -0.4 is 4.74 Å². The Morgan fingerprint density at radius 1 is 1.41 bits per heavy atom. The maximum atomic E-state index is 13.3. The lowest BCUT2D eigenvalue weighted by atomic mass is 10.2. The molecule has 94 valence electrons. The van der Waals surface area contributed by atoms with Gasteiger partial charge in [0.1, 0.15) is 11.0 Å². The number of hydrogen-bond acceptors (Lipinski definition) is 2. The van der Waals surface area contributed by atoms with Gasteiger partial charge in [-0.1, -0.05) is 6.07 Å². The van der Waals surface area contributed by atoms with Gasteiger partial charge in [-0.3, -0.25) is 0 Å². The average Bonchev–Trinajstić information content (AvgIpc) is 2.24. The zero-order valence-electron chi connectivity index (χ0n) is 10.4. The standard InChI is InChI=1S/C12H16FNO2S/c1-12(2,3)17(15)14-8-9-6-5-7-10(13)11(9)16-4/h5-8H,1-4H3/b14-8+/t17-/m1/s1. The number of rotatable bonds is 3. The van der Waals surface area contributed by atoms with Crippen LogP contribution in [0.25, 0.3) is 0 Å². The molecule has 17 heavy (non-hydrogen) atoms. The molecule has 1 atom stereocenters. The van der Waals surface area contributed by atoms with E-state index in [4.69, 9.17) is 4.74 Å². The second kappa shape index (κ2) is 5.40. The van der Waals surface area contributed by atoms with Crippen molar-refractivity contribution in [2.24, 2.45) is 4.40 Å². The van der Waals surface area contributed by atoms with Gasteiger partial charge in [0.05, 0.1) is 11.9 Å². The van der Waals surface area contributed by atoms with Crippen molar-refractivity contribution >= 4 is 17.2 Å². The predicted octanol–water partition coefficient (Wildman–Crippen LogP) is 2.72.